The van der Waals surface area contributed by atoms with E-state index in [9.17, 15) is 9.18 Å². The van der Waals surface area contributed by atoms with Crippen LogP contribution in [0.1, 0.15) is 25.7 Å². The van der Waals surface area contributed by atoms with Crippen LogP contribution in [0, 0.1) is 12.4 Å². The summed E-state index contributed by atoms with van der Waals surface area (Å²) in [6, 6.07) is 11.3. The van der Waals surface area contributed by atoms with Gasteiger partial charge in [-0.15, -0.1) is 0 Å². The van der Waals surface area contributed by atoms with Gasteiger partial charge in [-0.05, 0) is 37.1 Å². The number of carbonyl (C=O) groups is 1. The van der Waals surface area contributed by atoms with Crippen LogP contribution in [0.3, 0.4) is 0 Å². The fourth-order valence-electron chi connectivity index (χ4n) is 6.79. The molecule has 1 aliphatic carbocycles. The number of benzene rings is 2. The highest BCUT2D eigenvalue weighted by Crippen LogP contribution is 2.38. The topological polar surface area (TPSA) is 81.8 Å². The summed E-state index contributed by atoms with van der Waals surface area (Å²) >= 11 is 6.60. The third-order valence-electron chi connectivity index (χ3n) is 9.28. The Morgan fingerprint density at radius 3 is 2.57 bits per heavy atom. The molecule has 9 nitrogen and oxygen atoms in total. The maximum absolute atomic E-state index is 16.7. The second-order valence-corrected chi connectivity index (χ2v) is 12.6. The number of piperidine rings is 1. The largest absolute Gasteiger partial charge is 0.352 e. The Hall–Kier alpha value is -4.40. The molecule has 236 valence electrons. The molecule has 2 aromatic carbocycles. The molecule has 2 saturated heterocycles. The van der Waals surface area contributed by atoms with E-state index in [1.54, 1.807) is 18.3 Å². The molecule has 0 bridgehead atoms. The predicted octanol–water partition coefficient (Wildman–Crippen LogP) is 6.10. The van der Waals surface area contributed by atoms with Crippen LogP contribution < -0.4 is 10.2 Å². The van der Waals surface area contributed by atoms with E-state index in [2.05, 4.69) is 26.6 Å². The van der Waals surface area contributed by atoms with Crippen LogP contribution in [-0.4, -0.2) is 88.1 Å². The van der Waals surface area contributed by atoms with Crippen LogP contribution in [0.25, 0.3) is 37.8 Å². The van der Waals surface area contributed by atoms with Gasteiger partial charge in [0.05, 0.1) is 5.39 Å². The highest BCUT2D eigenvalue weighted by atomic mass is 35.5. The van der Waals surface area contributed by atoms with Crippen molar-refractivity contribution in [1.29, 1.82) is 0 Å². The normalized spacial score (nSPS) is 19.4. The number of halogens is 3. The second-order valence-electron chi connectivity index (χ2n) is 12.2. The summed E-state index contributed by atoms with van der Waals surface area (Å²) < 4.78 is 30.6. The number of hydrogen-bond acceptors (Lipinski definition) is 7. The fourth-order valence-corrected chi connectivity index (χ4v) is 7.07. The summed E-state index contributed by atoms with van der Waals surface area (Å²) in [5, 5.41) is 5.93. The first kappa shape index (κ1) is 30.3. The van der Waals surface area contributed by atoms with Gasteiger partial charge in [-0.3, -0.25) is 9.78 Å². The number of pyridine rings is 1. The SMILES string of the molecule is [C-]#[N+]C[C@H]1CN(c2nc(NC3CCN(C4CC4)CC3)nc3c(F)c(-c4cccc5cccc(Cl)c45)ncc23)CCN1C(=O)C(=C)F. The van der Waals surface area contributed by atoms with Gasteiger partial charge >= 0.3 is 0 Å². The quantitative estimate of drug-likeness (QED) is 0.193. The molecular weight excluding hydrogens is 610 g/mol. The average Bonchev–Trinajstić information content (AvgIpc) is 3.91. The molecule has 4 heterocycles. The van der Waals surface area contributed by atoms with Crippen LogP contribution in [-0.2, 0) is 4.79 Å². The molecule has 4 aromatic rings. The molecule has 1 atom stereocenters. The first-order valence-electron chi connectivity index (χ1n) is 15.6. The van der Waals surface area contributed by atoms with Crippen molar-refractivity contribution in [2.45, 2.75) is 43.8 Å². The van der Waals surface area contributed by atoms with Crippen LogP contribution in [0.5, 0.6) is 0 Å². The van der Waals surface area contributed by atoms with Crippen LogP contribution in [0.4, 0.5) is 20.5 Å². The minimum atomic E-state index is -1.07. The summed E-state index contributed by atoms with van der Waals surface area (Å²) in [6.45, 7) is 13.2. The van der Waals surface area contributed by atoms with Crippen molar-refractivity contribution < 1.29 is 13.6 Å². The van der Waals surface area contributed by atoms with E-state index in [-0.39, 0.29) is 36.9 Å². The Labute approximate surface area is 270 Å². The fraction of sp³-hybridized carbons (Fsp3) is 0.382. The Kier molecular flexibility index (Phi) is 8.17. The molecule has 3 aliphatic rings. The number of carbonyl (C=O) groups excluding carboxylic acids is 1. The Balaban J connectivity index is 1.30. The number of rotatable bonds is 7. The third kappa shape index (κ3) is 5.72. The zero-order chi connectivity index (χ0) is 31.9. The number of nitrogens with zero attached hydrogens (tertiary/aromatic N) is 7. The van der Waals surface area contributed by atoms with Gasteiger partial charge in [0, 0.05) is 67.0 Å². The van der Waals surface area contributed by atoms with Gasteiger partial charge < -0.3 is 24.9 Å². The number of amides is 1. The molecule has 2 aromatic heterocycles. The van der Waals surface area contributed by atoms with Crippen molar-refractivity contribution in [2.24, 2.45) is 0 Å². The number of nitrogens with one attached hydrogen (secondary N) is 1. The Bertz CT molecular complexity index is 1880. The minimum absolute atomic E-state index is 0.0260. The first-order chi connectivity index (χ1) is 22.3. The molecule has 46 heavy (non-hydrogen) atoms. The first-order valence-corrected chi connectivity index (χ1v) is 16.0. The number of likely N-dealkylation sites (tertiary alicyclic amines) is 1. The molecule has 12 heteroatoms. The number of aromatic nitrogens is 3. The lowest BCUT2D eigenvalue weighted by atomic mass is 10.0. The average molecular weight is 643 g/mol. The second kappa shape index (κ2) is 12.4. The van der Waals surface area contributed by atoms with E-state index >= 15 is 4.39 Å². The molecule has 3 fully saturated rings. The molecule has 1 N–H and O–H groups in total. The number of anilines is 2. The lowest BCUT2D eigenvalue weighted by Crippen LogP contribution is -2.56. The Morgan fingerprint density at radius 2 is 1.85 bits per heavy atom. The maximum Gasteiger partial charge on any atom is 0.282 e. The van der Waals surface area contributed by atoms with Gasteiger partial charge in [0.1, 0.15) is 23.1 Å². The number of hydrogen-bond donors (Lipinski definition) is 1. The standard InChI is InChI=1S/C34H33ClF2N8O/c1-20(36)33(46)45-16-15-44(19-24(45)17-38-2)32-26-18-39-30(25-7-3-5-21-6-4-8-27(35)28(21)25)29(37)31(26)41-34(42-32)40-22-11-13-43(14-12-22)23-9-10-23/h3-8,18,22-24H,1,9-17,19H2,(H,40,41,42)/t24-/m0/s1. The van der Waals surface area contributed by atoms with Gasteiger partial charge in [-0.25, -0.2) is 20.3 Å². The summed E-state index contributed by atoms with van der Waals surface area (Å²) in [5.41, 5.74) is 0.789. The predicted molar refractivity (Wildman–Crippen MR) is 176 cm³/mol. The smallest absolute Gasteiger partial charge is 0.282 e. The van der Waals surface area contributed by atoms with E-state index in [0.29, 0.717) is 45.7 Å². The van der Waals surface area contributed by atoms with Crippen LogP contribution in [0.15, 0.2) is 55.0 Å². The molecule has 0 unspecified atom stereocenters. The van der Waals surface area contributed by atoms with Crippen molar-refractivity contribution in [2.75, 3.05) is 49.5 Å². The molecule has 7 rings (SSSR count). The molecule has 1 saturated carbocycles. The lowest BCUT2D eigenvalue weighted by molar-refractivity contribution is -0.131. The van der Waals surface area contributed by atoms with Gasteiger partial charge in [-0.1, -0.05) is 48.5 Å². The van der Waals surface area contributed by atoms with E-state index in [1.807, 2.05) is 29.2 Å². The summed E-state index contributed by atoms with van der Waals surface area (Å²) in [5.74, 6) is -1.75. The van der Waals surface area contributed by atoms with Crippen molar-refractivity contribution in [3.8, 4) is 11.3 Å². The maximum atomic E-state index is 16.7. The van der Waals surface area contributed by atoms with Crippen molar-refractivity contribution in [1.82, 2.24) is 24.8 Å². The van der Waals surface area contributed by atoms with E-state index in [0.717, 1.165) is 31.3 Å². The molecule has 1 amide bonds. The number of fused-ring (bicyclic) bond motifs is 2. The molecule has 0 radical (unpaired) electrons. The summed E-state index contributed by atoms with van der Waals surface area (Å²) in [4.78, 5) is 36.0. The van der Waals surface area contributed by atoms with E-state index < -0.39 is 23.6 Å². The van der Waals surface area contributed by atoms with Crippen LogP contribution in [0.2, 0.25) is 5.02 Å². The molecular formula is C34H33ClF2N8O. The summed E-state index contributed by atoms with van der Waals surface area (Å²) in [7, 11) is 0. The summed E-state index contributed by atoms with van der Waals surface area (Å²) in [6.07, 6.45) is 5.94. The zero-order valence-electron chi connectivity index (χ0n) is 25.2. The van der Waals surface area contributed by atoms with Gasteiger partial charge in [0.25, 0.3) is 5.91 Å². The van der Waals surface area contributed by atoms with Gasteiger partial charge in [0.2, 0.25) is 12.5 Å². The van der Waals surface area contributed by atoms with Crippen molar-refractivity contribution in [3.63, 3.8) is 0 Å². The highest BCUT2D eigenvalue weighted by Gasteiger charge is 2.36. The van der Waals surface area contributed by atoms with Crippen molar-refractivity contribution in [3.05, 3.63) is 77.3 Å². The zero-order valence-corrected chi connectivity index (χ0v) is 26.0. The van der Waals surface area contributed by atoms with E-state index in [4.69, 9.17) is 28.1 Å². The highest BCUT2D eigenvalue weighted by molar-refractivity contribution is 6.36. The minimum Gasteiger partial charge on any atom is -0.352 e. The molecule has 0 spiro atoms. The van der Waals surface area contributed by atoms with E-state index in [1.165, 1.54) is 17.7 Å². The van der Waals surface area contributed by atoms with Gasteiger partial charge in [0.15, 0.2) is 11.6 Å². The van der Waals surface area contributed by atoms with Crippen LogP contribution >= 0.6 is 11.6 Å². The lowest BCUT2D eigenvalue weighted by Gasteiger charge is -2.40. The van der Waals surface area contributed by atoms with Gasteiger partial charge in [-0.2, -0.15) is 4.98 Å². The third-order valence-corrected chi connectivity index (χ3v) is 9.59. The van der Waals surface area contributed by atoms with Crippen molar-refractivity contribution >= 4 is 50.9 Å². The Morgan fingerprint density at radius 1 is 1.09 bits per heavy atom. The number of piperazine rings is 1. The molecule has 2 aliphatic heterocycles. The monoisotopic (exact) mass is 642 g/mol.